The van der Waals surface area contributed by atoms with Crippen LogP contribution in [0, 0.1) is 18.6 Å². The second-order valence-corrected chi connectivity index (χ2v) is 4.90. The molecule has 0 atom stereocenters. The quantitative estimate of drug-likeness (QED) is 0.897. The van der Waals surface area contributed by atoms with Gasteiger partial charge in [0.25, 0.3) is 0 Å². The van der Waals surface area contributed by atoms with E-state index in [0.29, 0.717) is 16.9 Å². The molecule has 21 heavy (non-hydrogen) atoms. The van der Waals surface area contributed by atoms with Crippen LogP contribution >= 0.6 is 11.6 Å². The van der Waals surface area contributed by atoms with Gasteiger partial charge in [-0.1, -0.05) is 17.7 Å². The van der Waals surface area contributed by atoms with Gasteiger partial charge < -0.3 is 10.6 Å². The van der Waals surface area contributed by atoms with Crippen LogP contribution in [0.2, 0.25) is 5.02 Å². The summed E-state index contributed by atoms with van der Waals surface area (Å²) in [6, 6.07) is 8.51. The fraction of sp³-hybridized carbons (Fsp3) is 0.133. The Bertz CT molecular complexity index is 677. The van der Waals surface area contributed by atoms with E-state index in [2.05, 4.69) is 10.6 Å². The molecule has 2 aromatic rings. The number of rotatable bonds is 4. The lowest BCUT2D eigenvalue weighted by Gasteiger charge is -2.09. The van der Waals surface area contributed by atoms with Crippen LogP contribution in [0.25, 0.3) is 0 Å². The molecule has 110 valence electrons. The SMILES string of the molecule is Cc1ccc(NCC(=O)Nc2ccc(F)c(Cl)c2)cc1F. The molecule has 3 nitrogen and oxygen atoms in total. The smallest absolute Gasteiger partial charge is 0.243 e. The fourth-order valence-corrected chi connectivity index (χ4v) is 1.84. The van der Waals surface area contributed by atoms with E-state index >= 15 is 0 Å². The third kappa shape index (κ3) is 4.16. The first kappa shape index (κ1) is 15.3. The van der Waals surface area contributed by atoms with Crippen molar-refractivity contribution in [2.75, 3.05) is 17.2 Å². The maximum absolute atomic E-state index is 13.3. The highest BCUT2D eigenvalue weighted by Gasteiger charge is 2.06. The van der Waals surface area contributed by atoms with E-state index < -0.39 is 5.82 Å². The third-order valence-electron chi connectivity index (χ3n) is 2.83. The number of hydrogen-bond donors (Lipinski definition) is 2. The van der Waals surface area contributed by atoms with Crippen LogP contribution in [-0.2, 0) is 4.79 Å². The molecule has 0 radical (unpaired) electrons. The third-order valence-corrected chi connectivity index (χ3v) is 3.12. The molecule has 0 aliphatic carbocycles. The largest absolute Gasteiger partial charge is 0.376 e. The number of amides is 1. The average molecular weight is 311 g/mol. The van der Waals surface area contributed by atoms with E-state index in [4.69, 9.17) is 11.6 Å². The van der Waals surface area contributed by atoms with Gasteiger partial charge in [-0.2, -0.15) is 0 Å². The zero-order valence-electron chi connectivity index (χ0n) is 11.2. The van der Waals surface area contributed by atoms with Gasteiger partial charge in [-0.3, -0.25) is 4.79 Å². The van der Waals surface area contributed by atoms with Crippen molar-refractivity contribution >= 4 is 28.9 Å². The van der Waals surface area contributed by atoms with Crippen LogP contribution in [0.4, 0.5) is 20.2 Å². The van der Waals surface area contributed by atoms with E-state index in [9.17, 15) is 13.6 Å². The molecule has 0 aliphatic rings. The summed E-state index contributed by atoms with van der Waals surface area (Å²) < 4.78 is 26.3. The second-order valence-electron chi connectivity index (χ2n) is 4.49. The van der Waals surface area contributed by atoms with Crippen molar-refractivity contribution in [2.45, 2.75) is 6.92 Å². The van der Waals surface area contributed by atoms with E-state index in [0.717, 1.165) is 0 Å². The molecule has 0 saturated carbocycles. The monoisotopic (exact) mass is 310 g/mol. The van der Waals surface area contributed by atoms with E-state index in [-0.39, 0.29) is 23.3 Å². The minimum Gasteiger partial charge on any atom is -0.376 e. The molecule has 0 heterocycles. The molecule has 0 aromatic heterocycles. The Morgan fingerprint density at radius 3 is 2.48 bits per heavy atom. The number of carbonyl (C=O) groups is 1. The van der Waals surface area contributed by atoms with Gasteiger partial charge in [0.15, 0.2) is 0 Å². The molecule has 1 amide bonds. The van der Waals surface area contributed by atoms with E-state index in [1.54, 1.807) is 19.1 Å². The number of aryl methyl sites for hydroxylation is 1. The summed E-state index contributed by atoms with van der Waals surface area (Å²) in [7, 11) is 0. The molecule has 2 rings (SSSR count). The summed E-state index contributed by atoms with van der Waals surface area (Å²) in [4.78, 5) is 11.7. The zero-order valence-corrected chi connectivity index (χ0v) is 12.0. The van der Waals surface area contributed by atoms with Crippen molar-refractivity contribution in [3.05, 3.63) is 58.6 Å². The molecule has 0 spiro atoms. The van der Waals surface area contributed by atoms with Gasteiger partial charge in [-0.15, -0.1) is 0 Å². The maximum atomic E-state index is 13.3. The van der Waals surface area contributed by atoms with Gasteiger partial charge in [0.2, 0.25) is 5.91 Å². The van der Waals surface area contributed by atoms with Gasteiger partial charge in [-0.25, -0.2) is 8.78 Å². The number of nitrogens with one attached hydrogen (secondary N) is 2. The highest BCUT2D eigenvalue weighted by Crippen LogP contribution is 2.19. The molecule has 0 saturated heterocycles. The minimum atomic E-state index is -0.553. The number of benzene rings is 2. The summed E-state index contributed by atoms with van der Waals surface area (Å²) in [5, 5.41) is 5.29. The molecule has 0 aliphatic heterocycles. The zero-order chi connectivity index (χ0) is 15.4. The van der Waals surface area contributed by atoms with Crippen LogP contribution in [-0.4, -0.2) is 12.5 Å². The molecule has 2 N–H and O–H groups in total. The van der Waals surface area contributed by atoms with Crippen molar-refractivity contribution in [2.24, 2.45) is 0 Å². The van der Waals surface area contributed by atoms with Gasteiger partial charge in [0, 0.05) is 11.4 Å². The number of carbonyl (C=O) groups excluding carboxylic acids is 1. The summed E-state index contributed by atoms with van der Waals surface area (Å²) in [6.45, 7) is 1.61. The van der Waals surface area contributed by atoms with Crippen molar-refractivity contribution in [1.82, 2.24) is 0 Å². The van der Waals surface area contributed by atoms with Gasteiger partial charge in [-0.05, 0) is 42.8 Å². The normalized spacial score (nSPS) is 10.3. The van der Waals surface area contributed by atoms with Gasteiger partial charge in [0.05, 0.1) is 11.6 Å². The lowest BCUT2D eigenvalue weighted by atomic mass is 10.2. The highest BCUT2D eigenvalue weighted by molar-refractivity contribution is 6.31. The Morgan fingerprint density at radius 1 is 1.10 bits per heavy atom. The first-order valence-corrected chi connectivity index (χ1v) is 6.58. The molecule has 0 bridgehead atoms. The maximum Gasteiger partial charge on any atom is 0.243 e. The van der Waals surface area contributed by atoms with E-state index in [1.807, 2.05) is 0 Å². The van der Waals surface area contributed by atoms with Gasteiger partial charge >= 0.3 is 0 Å². The van der Waals surface area contributed by atoms with Crippen molar-refractivity contribution in [3.8, 4) is 0 Å². The first-order valence-electron chi connectivity index (χ1n) is 6.20. The summed E-state index contributed by atoms with van der Waals surface area (Å²) in [6.07, 6.45) is 0. The average Bonchev–Trinajstić information content (AvgIpc) is 2.44. The lowest BCUT2D eigenvalue weighted by molar-refractivity contribution is -0.114. The first-order chi connectivity index (χ1) is 9.95. The molecule has 6 heteroatoms. The lowest BCUT2D eigenvalue weighted by Crippen LogP contribution is -2.21. The molecule has 2 aromatic carbocycles. The molecule has 0 fully saturated rings. The van der Waals surface area contributed by atoms with Crippen LogP contribution in [0.1, 0.15) is 5.56 Å². The Labute approximate surface area is 125 Å². The van der Waals surface area contributed by atoms with Crippen molar-refractivity contribution < 1.29 is 13.6 Å². The molecular formula is C15H13ClF2N2O. The van der Waals surface area contributed by atoms with Crippen LogP contribution in [0.5, 0.6) is 0 Å². The highest BCUT2D eigenvalue weighted by atomic mass is 35.5. The summed E-state index contributed by atoms with van der Waals surface area (Å²) in [5.41, 5.74) is 1.43. The van der Waals surface area contributed by atoms with Crippen LogP contribution in [0.15, 0.2) is 36.4 Å². The van der Waals surface area contributed by atoms with Gasteiger partial charge in [0.1, 0.15) is 11.6 Å². The summed E-state index contributed by atoms with van der Waals surface area (Å²) >= 11 is 5.62. The predicted molar refractivity (Wildman–Crippen MR) is 79.7 cm³/mol. The van der Waals surface area contributed by atoms with E-state index in [1.165, 1.54) is 24.3 Å². The van der Waals surface area contributed by atoms with Crippen LogP contribution < -0.4 is 10.6 Å². The predicted octanol–water partition coefficient (Wildman–Crippen LogP) is 3.98. The Morgan fingerprint density at radius 2 is 1.81 bits per heavy atom. The second kappa shape index (κ2) is 6.54. The number of anilines is 2. The standard InChI is InChI=1S/C15H13ClF2N2O/c1-9-2-3-10(7-14(9)18)19-8-15(21)20-11-4-5-13(17)12(16)6-11/h2-7,19H,8H2,1H3,(H,20,21). The Balaban J connectivity index is 1.92. The summed E-state index contributed by atoms with van der Waals surface area (Å²) in [5.74, 6) is -1.24. The number of halogens is 3. The van der Waals surface area contributed by atoms with Crippen molar-refractivity contribution in [3.63, 3.8) is 0 Å². The molecular weight excluding hydrogens is 298 g/mol. The minimum absolute atomic E-state index is 0.0442. The molecule has 0 unspecified atom stereocenters. The van der Waals surface area contributed by atoms with Crippen molar-refractivity contribution in [1.29, 1.82) is 0 Å². The Hall–Kier alpha value is -2.14. The topological polar surface area (TPSA) is 41.1 Å². The van der Waals surface area contributed by atoms with Crippen LogP contribution in [0.3, 0.4) is 0 Å². The fourth-order valence-electron chi connectivity index (χ4n) is 1.66. The Kier molecular flexibility index (Phi) is 4.75. The number of hydrogen-bond acceptors (Lipinski definition) is 2.